The molecule has 0 fully saturated rings. The molecule has 0 bridgehead atoms. The summed E-state index contributed by atoms with van der Waals surface area (Å²) in [6, 6.07) is 0. The fraction of sp³-hybridized carbons (Fsp3) is 0.500. The second kappa shape index (κ2) is 3.32. The Morgan fingerprint density at radius 2 is 2.45 bits per heavy atom. The van der Waals surface area contributed by atoms with Gasteiger partial charge in [-0.1, -0.05) is 0 Å². The normalized spacial score (nSPS) is 10.0. The molecule has 0 amide bonds. The average molecular weight is 152 g/mol. The Morgan fingerprint density at radius 1 is 1.73 bits per heavy atom. The predicted octanol–water partition coefficient (Wildman–Crippen LogP) is 0.860. The summed E-state index contributed by atoms with van der Waals surface area (Å²) >= 11 is 0. The molecule has 11 heavy (non-hydrogen) atoms. The van der Waals surface area contributed by atoms with Gasteiger partial charge in [0, 0.05) is 19.7 Å². The maximum Gasteiger partial charge on any atom is 0.120 e. The Hall–Kier alpha value is -1.12. The van der Waals surface area contributed by atoms with E-state index in [0.717, 1.165) is 18.4 Å². The third-order valence-corrected chi connectivity index (χ3v) is 1.65. The highest BCUT2D eigenvalue weighted by molar-refractivity contribution is 5.50. The lowest BCUT2D eigenvalue weighted by Crippen LogP contribution is -1.86. The zero-order valence-corrected chi connectivity index (χ0v) is 6.87. The highest BCUT2D eigenvalue weighted by Crippen LogP contribution is 2.06. The first-order valence-electron chi connectivity index (χ1n) is 3.67. The van der Waals surface area contributed by atoms with Crippen molar-refractivity contribution in [2.75, 3.05) is 0 Å². The van der Waals surface area contributed by atoms with Crippen LogP contribution in [-0.2, 0) is 18.3 Å². The second-order valence-corrected chi connectivity index (χ2v) is 2.62. The zero-order valence-electron chi connectivity index (χ0n) is 6.87. The molecule has 1 aromatic heterocycles. The lowest BCUT2D eigenvalue weighted by Gasteiger charge is -1.90. The van der Waals surface area contributed by atoms with Crippen LogP contribution in [0.15, 0.2) is 6.20 Å². The number of aryl methyl sites for hydroxylation is 3. The first-order valence-corrected chi connectivity index (χ1v) is 3.67. The molecule has 0 saturated carbocycles. The van der Waals surface area contributed by atoms with Crippen LogP contribution in [0, 0.1) is 6.92 Å². The first kappa shape index (κ1) is 7.98. The monoisotopic (exact) mass is 152 g/mol. The molecule has 0 aliphatic heterocycles. The Bertz CT molecular complexity index is 253. The van der Waals surface area contributed by atoms with Crippen molar-refractivity contribution in [3.05, 3.63) is 17.5 Å². The number of aldehydes is 1. The number of hydrogen-bond donors (Lipinski definition) is 0. The van der Waals surface area contributed by atoms with Gasteiger partial charge < -0.3 is 4.79 Å². The molecule has 0 unspecified atom stereocenters. The number of carbonyl (C=O) groups excluding carboxylic acids is 1. The van der Waals surface area contributed by atoms with Crippen molar-refractivity contribution in [3.63, 3.8) is 0 Å². The quantitative estimate of drug-likeness (QED) is 0.602. The fourth-order valence-electron chi connectivity index (χ4n) is 1.11. The van der Waals surface area contributed by atoms with Crippen molar-refractivity contribution in [3.8, 4) is 0 Å². The third-order valence-electron chi connectivity index (χ3n) is 1.65. The van der Waals surface area contributed by atoms with E-state index in [1.54, 1.807) is 4.68 Å². The van der Waals surface area contributed by atoms with Gasteiger partial charge in [-0.2, -0.15) is 5.10 Å². The Kier molecular flexibility index (Phi) is 2.41. The summed E-state index contributed by atoms with van der Waals surface area (Å²) in [6.45, 7) is 1.96. The topological polar surface area (TPSA) is 34.9 Å². The van der Waals surface area contributed by atoms with Gasteiger partial charge in [0.05, 0.1) is 5.69 Å². The van der Waals surface area contributed by atoms with E-state index in [2.05, 4.69) is 5.10 Å². The van der Waals surface area contributed by atoms with Crippen LogP contribution >= 0.6 is 0 Å². The van der Waals surface area contributed by atoms with E-state index >= 15 is 0 Å². The molecule has 0 spiro atoms. The van der Waals surface area contributed by atoms with Gasteiger partial charge in [-0.25, -0.2) is 0 Å². The summed E-state index contributed by atoms with van der Waals surface area (Å²) in [4.78, 5) is 10.1. The second-order valence-electron chi connectivity index (χ2n) is 2.62. The third kappa shape index (κ3) is 1.90. The van der Waals surface area contributed by atoms with Crippen LogP contribution in [0.2, 0.25) is 0 Å². The van der Waals surface area contributed by atoms with Crippen LogP contribution in [0.1, 0.15) is 17.7 Å². The number of nitrogens with zero attached hydrogens (tertiary/aromatic N) is 2. The van der Waals surface area contributed by atoms with E-state index in [9.17, 15) is 4.79 Å². The maximum atomic E-state index is 10.1. The molecule has 0 saturated heterocycles. The maximum absolute atomic E-state index is 10.1. The van der Waals surface area contributed by atoms with E-state index in [1.807, 2.05) is 20.2 Å². The van der Waals surface area contributed by atoms with Gasteiger partial charge in [0.25, 0.3) is 0 Å². The van der Waals surface area contributed by atoms with Crippen LogP contribution in [0.25, 0.3) is 0 Å². The van der Waals surface area contributed by atoms with Crippen LogP contribution in [0.4, 0.5) is 0 Å². The molecule has 1 rings (SSSR count). The smallest absolute Gasteiger partial charge is 0.120 e. The number of aromatic nitrogens is 2. The van der Waals surface area contributed by atoms with Gasteiger partial charge >= 0.3 is 0 Å². The zero-order chi connectivity index (χ0) is 8.27. The fourth-order valence-corrected chi connectivity index (χ4v) is 1.11. The van der Waals surface area contributed by atoms with Gasteiger partial charge in [-0.05, 0) is 18.9 Å². The van der Waals surface area contributed by atoms with Gasteiger partial charge in [0.2, 0.25) is 0 Å². The van der Waals surface area contributed by atoms with E-state index in [1.165, 1.54) is 5.56 Å². The molecule has 3 heteroatoms. The Morgan fingerprint density at radius 3 is 2.91 bits per heavy atom. The minimum atomic E-state index is 0.590. The predicted molar refractivity (Wildman–Crippen MR) is 42.3 cm³/mol. The lowest BCUT2D eigenvalue weighted by atomic mass is 10.1. The summed E-state index contributed by atoms with van der Waals surface area (Å²) < 4.78 is 1.77. The molecule has 0 aliphatic rings. The van der Waals surface area contributed by atoms with Gasteiger partial charge in [0.15, 0.2) is 0 Å². The molecule has 0 radical (unpaired) electrons. The van der Waals surface area contributed by atoms with Crippen LogP contribution in [0.3, 0.4) is 0 Å². The van der Waals surface area contributed by atoms with E-state index in [0.29, 0.717) is 6.42 Å². The Labute approximate surface area is 66.0 Å². The standard InChI is InChI=1S/C8H12N2O/c1-7-8(4-3-5-11)6-10(2)9-7/h5-6H,3-4H2,1-2H3. The number of rotatable bonds is 3. The molecule has 1 heterocycles. The van der Waals surface area contributed by atoms with E-state index in [-0.39, 0.29) is 0 Å². The van der Waals surface area contributed by atoms with Crippen LogP contribution < -0.4 is 0 Å². The summed E-state index contributed by atoms with van der Waals surface area (Å²) in [7, 11) is 1.89. The van der Waals surface area contributed by atoms with Crippen LogP contribution in [-0.4, -0.2) is 16.1 Å². The molecular formula is C8H12N2O. The van der Waals surface area contributed by atoms with Crippen molar-refractivity contribution in [2.45, 2.75) is 19.8 Å². The highest BCUT2D eigenvalue weighted by atomic mass is 16.1. The van der Waals surface area contributed by atoms with Crippen molar-refractivity contribution in [1.82, 2.24) is 9.78 Å². The van der Waals surface area contributed by atoms with Crippen molar-refractivity contribution in [1.29, 1.82) is 0 Å². The highest BCUT2D eigenvalue weighted by Gasteiger charge is 2.00. The molecule has 0 aromatic carbocycles. The SMILES string of the molecule is Cc1nn(C)cc1CCC=O. The van der Waals surface area contributed by atoms with Gasteiger partial charge in [-0.15, -0.1) is 0 Å². The molecular weight excluding hydrogens is 140 g/mol. The van der Waals surface area contributed by atoms with Gasteiger partial charge in [0.1, 0.15) is 6.29 Å². The minimum absolute atomic E-state index is 0.590. The molecule has 60 valence electrons. The number of hydrogen-bond acceptors (Lipinski definition) is 2. The largest absolute Gasteiger partial charge is 0.303 e. The molecule has 3 nitrogen and oxygen atoms in total. The van der Waals surface area contributed by atoms with E-state index in [4.69, 9.17) is 0 Å². The molecule has 0 N–H and O–H groups in total. The van der Waals surface area contributed by atoms with Crippen molar-refractivity contribution in [2.24, 2.45) is 7.05 Å². The van der Waals surface area contributed by atoms with Gasteiger partial charge in [-0.3, -0.25) is 4.68 Å². The van der Waals surface area contributed by atoms with E-state index < -0.39 is 0 Å². The molecule has 1 aromatic rings. The summed E-state index contributed by atoms with van der Waals surface area (Å²) in [5.41, 5.74) is 2.19. The average Bonchev–Trinajstić information content (AvgIpc) is 2.26. The summed E-state index contributed by atoms with van der Waals surface area (Å²) in [5.74, 6) is 0. The Balaban J connectivity index is 2.69. The first-order chi connectivity index (χ1) is 5.24. The van der Waals surface area contributed by atoms with Crippen LogP contribution in [0.5, 0.6) is 0 Å². The lowest BCUT2D eigenvalue weighted by molar-refractivity contribution is -0.107. The number of carbonyl (C=O) groups is 1. The van der Waals surface area contributed by atoms with Crippen molar-refractivity contribution >= 4 is 6.29 Å². The minimum Gasteiger partial charge on any atom is -0.303 e. The van der Waals surface area contributed by atoms with Crippen molar-refractivity contribution < 1.29 is 4.79 Å². The molecule has 0 aliphatic carbocycles. The molecule has 0 atom stereocenters. The summed E-state index contributed by atoms with van der Waals surface area (Å²) in [6.07, 6.45) is 4.29. The summed E-state index contributed by atoms with van der Waals surface area (Å²) in [5, 5.41) is 4.16.